The van der Waals surface area contributed by atoms with E-state index in [4.69, 9.17) is 14.6 Å². The molecule has 0 aliphatic carbocycles. The van der Waals surface area contributed by atoms with Crippen molar-refractivity contribution in [2.24, 2.45) is 7.05 Å². The van der Waals surface area contributed by atoms with Crippen LogP contribution in [0.3, 0.4) is 0 Å². The van der Waals surface area contributed by atoms with Gasteiger partial charge in [0, 0.05) is 18.8 Å². The number of methoxy groups -OCH3 is 2. The Bertz CT molecular complexity index is 732. The van der Waals surface area contributed by atoms with E-state index in [9.17, 15) is 9.59 Å². The molecule has 0 atom stereocenters. The molecule has 0 fully saturated rings. The number of ether oxygens (including phenoxy) is 2. The number of pyridine rings is 1. The summed E-state index contributed by atoms with van der Waals surface area (Å²) in [6.07, 6.45) is -0.234. The number of aromatic nitrogens is 1. The summed E-state index contributed by atoms with van der Waals surface area (Å²) in [4.78, 5) is 23.1. The van der Waals surface area contributed by atoms with Crippen molar-refractivity contribution in [3.05, 3.63) is 34.1 Å². The SMILES string of the molecule is COc1ccc(OC)c2c1c(=O)cc(CC(=O)O)n2C. The number of rotatable bonds is 4. The highest BCUT2D eigenvalue weighted by Crippen LogP contribution is 2.31. The molecule has 20 heavy (non-hydrogen) atoms. The number of aliphatic carboxylic acids is 1. The number of carboxylic acids is 1. The molecule has 6 heteroatoms. The first-order valence-corrected chi connectivity index (χ1v) is 5.95. The third-order valence-corrected chi connectivity index (χ3v) is 3.19. The second-order valence-corrected chi connectivity index (χ2v) is 4.32. The lowest BCUT2D eigenvalue weighted by Crippen LogP contribution is -2.16. The first-order valence-electron chi connectivity index (χ1n) is 5.95. The molecular weight excluding hydrogens is 262 g/mol. The summed E-state index contributed by atoms with van der Waals surface area (Å²) in [7, 11) is 4.67. The second kappa shape index (κ2) is 5.24. The van der Waals surface area contributed by atoms with Crippen LogP contribution in [0.5, 0.6) is 11.5 Å². The monoisotopic (exact) mass is 277 g/mol. The van der Waals surface area contributed by atoms with E-state index in [2.05, 4.69) is 0 Å². The Morgan fingerprint density at radius 1 is 1.25 bits per heavy atom. The fourth-order valence-corrected chi connectivity index (χ4v) is 2.25. The Balaban J connectivity index is 2.90. The zero-order valence-corrected chi connectivity index (χ0v) is 11.5. The van der Waals surface area contributed by atoms with Crippen LogP contribution in [-0.2, 0) is 18.3 Å². The Morgan fingerprint density at radius 3 is 2.40 bits per heavy atom. The van der Waals surface area contributed by atoms with Crippen LogP contribution in [-0.4, -0.2) is 29.9 Å². The lowest BCUT2D eigenvalue weighted by molar-refractivity contribution is -0.136. The van der Waals surface area contributed by atoms with Crippen LogP contribution >= 0.6 is 0 Å². The molecule has 1 N–H and O–H groups in total. The van der Waals surface area contributed by atoms with Gasteiger partial charge in [0.25, 0.3) is 0 Å². The maximum atomic E-state index is 12.2. The van der Waals surface area contributed by atoms with Crippen LogP contribution in [0.4, 0.5) is 0 Å². The molecule has 2 aromatic rings. The molecule has 1 heterocycles. The van der Waals surface area contributed by atoms with Crippen molar-refractivity contribution >= 4 is 16.9 Å². The summed E-state index contributed by atoms with van der Waals surface area (Å²) >= 11 is 0. The first-order chi connectivity index (χ1) is 9.49. The molecular formula is C14H15NO5. The number of hydrogen-bond acceptors (Lipinski definition) is 4. The summed E-state index contributed by atoms with van der Waals surface area (Å²) in [5.74, 6) is -0.0721. The minimum Gasteiger partial charge on any atom is -0.496 e. The number of aryl methyl sites for hydroxylation is 1. The van der Waals surface area contributed by atoms with Gasteiger partial charge in [0.2, 0.25) is 0 Å². The number of carboxylic acid groups (broad SMARTS) is 1. The molecule has 0 saturated heterocycles. The summed E-state index contributed by atoms with van der Waals surface area (Å²) in [6.45, 7) is 0. The van der Waals surface area contributed by atoms with Crippen LogP contribution < -0.4 is 14.9 Å². The maximum Gasteiger partial charge on any atom is 0.309 e. The number of fused-ring (bicyclic) bond motifs is 1. The third kappa shape index (κ3) is 2.20. The maximum absolute atomic E-state index is 12.2. The fraction of sp³-hybridized carbons (Fsp3) is 0.286. The smallest absolute Gasteiger partial charge is 0.309 e. The molecule has 6 nitrogen and oxygen atoms in total. The number of benzene rings is 1. The molecule has 0 saturated carbocycles. The van der Waals surface area contributed by atoms with E-state index in [1.807, 2.05) is 0 Å². The molecule has 0 bridgehead atoms. The Hall–Kier alpha value is -2.50. The van der Waals surface area contributed by atoms with E-state index >= 15 is 0 Å². The highest BCUT2D eigenvalue weighted by atomic mass is 16.5. The normalized spacial score (nSPS) is 10.6. The van der Waals surface area contributed by atoms with Crippen molar-refractivity contribution in [2.45, 2.75) is 6.42 Å². The van der Waals surface area contributed by atoms with Crippen molar-refractivity contribution in [3.8, 4) is 11.5 Å². The zero-order valence-electron chi connectivity index (χ0n) is 11.5. The topological polar surface area (TPSA) is 77.8 Å². The fourth-order valence-electron chi connectivity index (χ4n) is 2.25. The zero-order chi connectivity index (χ0) is 14.9. The molecule has 0 unspecified atom stereocenters. The van der Waals surface area contributed by atoms with E-state index in [0.29, 0.717) is 28.1 Å². The van der Waals surface area contributed by atoms with Crippen molar-refractivity contribution in [3.63, 3.8) is 0 Å². The van der Waals surface area contributed by atoms with E-state index in [0.717, 1.165) is 0 Å². The van der Waals surface area contributed by atoms with Gasteiger partial charge in [-0.25, -0.2) is 0 Å². The van der Waals surface area contributed by atoms with Crippen LogP contribution in [0, 0.1) is 0 Å². The largest absolute Gasteiger partial charge is 0.496 e. The Kier molecular flexibility index (Phi) is 3.65. The Morgan fingerprint density at radius 2 is 1.85 bits per heavy atom. The summed E-state index contributed by atoms with van der Waals surface area (Å²) < 4.78 is 12.1. The van der Waals surface area contributed by atoms with E-state index in [1.54, 1.807) is 23.7 Å². The van der Waals surface area contributed by atoms with Gasteiger partial charge in [0.1, 0.15) is 11.5 Å². The van der Waals surface area contributed by atoms with Crippen molar-refractivity contribution in [1.29, 1.82) is 0 Å². The van der Waals surface area contributed by atoms with Gasteiger partial charge >= 0.3 is 5.97 Å². The van der Waals surface area contributed by atoms with Crippen LogP contribution in [0.25, 0.3) is 10.9 Å². The molecule has 2 rings (SSSR count). The lowest BCUT2D eigenvalue weighted by atomic mass is 10.1. The predicted molar refractivity (Wildman–Crippen MR) is 73.6 cm³/mol. The molecule has 1 aromatic carbocycles. The van der Waals surface area contributed by atoms with Gasteiger partial charge in [-0.3, -0.25) is 9.59 Å². The van der Waals surface area contributed by atoms with Crippen LogP contribution in [0.2, 0.25) is 0 Å². The molecule has 1 aromatic heterocycles. The average molecular weight is 277 g/mol. The van der Waals surface area contributed by atoms with Crippen molar-refractivity contribution in [2.75, 3.05) is 14.2 Å². The third-order valence-electron chi connectivity index (χ3n) is 3.19. The first kappa shape index (κ1) is 13.9. The molecule has 0 amide bonds. The minimum atomic E-state index is -0.999. The van der Waals surface area contributed by atoms with Gasteiger partial charge in [-0.15, -0.1) is 0 Å². The molecule has 0 aliphatic rings. The quantitative estimate of drug-likeness (QED) is 0.908. The molecule has 0 aliphatic heterocycles. The minimum absolute atomic E-state index is 0.234. The van der Waals surface area contributed by atoms with Crippen molar-refractivity contribution in [1.82, 2.24) is 4.57 Å². The lowest BCUT2D eigenvalue weighted by Gasteiger charge is -2.15. The van der Waals surface area contributed by atoms with Gasteiger partial charge in [0.15, 0.2) is 5.43 Å². The van der Waals surface area contributed by atoms with Gasteiger partial charge < -0.3 is 19.1 Å². The highest BCUT2D eigenvalue weighted by Gasteiger charge is 2.16. The van der Waals surface area contributed by atoms with Gasteiger partial charge in [0.05, 0.1) is 31.5 Å². The Labute approximate surface area is 115 Å². The van der Waals surface area contributed by atoms with Gasteiger partial charge in [-0.2, -0.15) is 0 Å². The standard InChI is InChI=1S/C14H15NO5/c1-15-8(7-12(17)18)6-9(16)13-10(19-2)4-5-11(20-3)14(13)15/h4-6H,7H2,1-3H3,(H,17,18). The number of hydrogen-bond donors (Lipinski definition) is 1. The number of carbonyl (C=O) groups is 1. The van der Waals surface area contributed by atoms with Crippen LogP contribution in [0.1, 0.15) is 5.69 Å². The summed E-state index contributed by atoms with van der Waals surface area (Å²) in [5.41, 5.74) is 0.641. The average Bonchev–Trinajstić information content (AvgIpc) is 2.42. The second-order valence-electron chi connectivity index (χ2n) is 4.32. The van der Waals surface area contributed by atoms with Crippen molar-refractivity contribution < 1.29 is 19.4 Å². The summed E-state index contributed by atoms with van der Waals surface area (Å²) in [5, 5.41) is 9.29. The summed E-state index contributed by atoms with van der Waals surface area (Å²) in [6, 6.07) is 4.66. The molecule has 0 spiro atoms. The predicted octanol–water partition coefficient (Wildman–Crippen LogP) is 1.18. The number of nitrogens with zero attached hydrogens (tertiary/aromatic N) is 1. The van der Waals surface area contributed by atoms with E-state index in [1.165, 1.54) is 20.3 Å². The van der Waals surface area contributed by atoms with E-state index < -0.39 is 5.97 Å². The van der Waals surface area contributed by atoms with E-state index in [-0.39, 0.29) is 11.8 Å². The molecule has 106 valence electrons. The molecule has 0 radical (unpaired) electrons. The van der Waals surface area contributed by atoms with Crippen LogP contribution in [0.15, 0.2) is 23.0 Å². The highest BCUT2D eigenvalue weighted by molar-refractivity contribution is 5.91. The van der Waals surface area contributed by atoms with Gasteiger partial charge in [-0.1, -0.05) is 0 Å². The van der Waals surface area contributed by atoms with Gasteiger partial charge in [-0.05, 0) is 12.1 Å².